The Balaban J connectivity index is 0.000000757. The average Bonchev–Trinajstić information content (AvgIpc) is 2.93. The lowest BCUT2D eigenvalue weighted by molar-refractivity contribution is -0.119. The summed E-state index contributed by atoms with van der Waals surface area (Å²) in [6, 6.07) is 6.32. The van der Waals surface area contributed by atoms with E-state index < -0.39 is 18.0 Å². The number of hydrogen-bond donors (Lipinski definition) is 4. The van der Waals surface area contributed by atoms with Crippen LogP contribution in [0, 0.1) is 0 Å². The Morgan fingerprint density at radius 1 is 1.29 bits per heavy atom. The Hall–Kier alpha value is -3.44. The van der Waals surface area contributed by atoms with E-state index in [0.717, 1.165) is 31.2 Å². The number of carbonyl (C=O) groups excluding carboxylic acids is 4. The molecule has 2 aliphatic heterocycles. The smallest absolute Gasteiger partial charge is 0.436 e. The molecular formula is C24H32N7O5PS. The van der Waals surface area contributed by atoms with Gasteiger partial charge in [-0.3, -0.25) is 24.7 Å². The fraction of sp³-hybridized carbons (Fsp3) is 0.417. The number of amidine groups is 1. The molecule has 3 rings (SSSR count). The van der Waals surface area contributed by atoms with Gasteiger partial charge in [-0.25, -0.2) is 9.79 Å². The molecule has 3 N–H and O–H groups in total. The molecule has 12 nitrogen and oxygen atoms in total. The van der Waals surface area contributed by atoms with E-state index in [4.69, 9.17) is 4.74 Å². The maximum Gasteiger partial charge on any atom is 0.436 e. The number of aliphatic imine (C=N–C) groups is 4. The molecule has 2 aliphatic rings. The summed E-state index contributed by atoms with van der Waals surface area (Å²) in [7, 11) is 2.51. The van der Waals surface area contributed by atoms with Crippen molar-refractivity contribution < 1.29 is 23.9 Å². The van der Waals surface area contributed by atoms with E-state index in [0.29, 0.717) is 36.4 Å². The lowest BCUT2D eigenvalue weighted by Gasteiger charge is -2.21. The summed E-state index contributed by atoms with van der Waals surface area (Å²) in [6.07, 6.45) is 4.67. The van der Waals surface area contributed by atoms with Gasteiger partial charge < -0.3 is 15.4 Å². The number of ketones is 1. The van der Waals surface area contributed by atoms with E-state index in [1.165, 1.54) is 6.21 Å². The van der Waals surface area contributed by atoms with Crippen molar-refractivity contribution in [1.29, 1.82) is 0 Å². The molecular weight excluding hydrogens is 529 g/mol. The van der Waals surface area contributed by atoms with E-state index in [-0.39, 0.29) is 24.2 Å². The quantitative estimate of drug-likeness (QED) is 0.100. The third-order valence-electron chi connectivity index (χ3n) is 4.91. The van der Waals surface area contributed by atoms with Crippen molar-refractivity contribution in [3.05, 3.63) is 29.8 Å². The van der Waals surface area contributed by atoms with Gasteiger partial charge in [0, 0.05) is 30.0 Å². The van der Waals surface area contributed by atoms with Gasteiger partial charge in [-0.15, -0.1) is 14.2 Å². The Kier molecular flexibility index (Phi) is 13.9. The van der Waals surface area contributed by atoms with Crippen molar-refractivity contribution >= 4 is 75.5 Å². The SMILES string of the molecule is CCCCC(=O)c1ccc(NCC2=NC3C(=O)N/C(=N\C(=O)OCCS)N=C3N=C2)cc1.O=CNCCP. The second-order valence-corrected chi connectivity index (χ2v) is 8.86. The summed E-state index contributed by atoms with van der Waals surface area (Å²) in [5.74, 6) is -0.0346. The maximum absolute atomic E-state index is 12.4. The van der Waals surface area contributed by atoms with Crippen molar-refractivity contribution in [3.63, 3.8) is 0 Å². The van der Waals surface area contributed by atoms with E-state index in [9.17, 15) is 19.2 Å². The zero-order valence-corrected chi connectivity index (χ0v) is 23.1. The summed E-state index contributed by atoms with van der Waals surface area (Å²) < 4.78 is 4.78. The highest BCUT2D eigenvalue weighted by Crippen LogP contribution is 2.13. The minimum atomic E-state index is -0.914. The minimum absolute atomic E-state index is 0.0998. The number of Topliss-reactive ketones (excluding diaryl/α,β-unsaturated/α-hetero) is 1. The van der Waals surface area contributed by atoms with E-state index in [1.807, 2.05) is 12.1 Å². The summed E-state index contributed by atoms with van der Waals surface area (Å²) >= 11 is 3.93. The van der Waals surface area contributed by atoms with Crippen LogP contribution in [0.3, 0.4) is 0 Å². The molecule has 2 heterocycles. The number of carbonyl (C=O) groups is 4. The van der Waals surface area contributed by atoms with E-state index in [2.05, 4.69) is 64.7 Å². The van der Waals surface area contributed by atoms with Gasteiger partial charge in [0.1, 0.15) is 6.61 Å². The largest absolute Gasteiger partial charge is 0.447 e. The number of benzene rings is 1. The molecule has 0 radical (unpaired) electrons. The molecule has 0 saturated heterocycles. The van der Waals surface area contributed by atoms with Gasteiger partial charge in [-0.05, 0) is 36.8 Å². The first-order chi connectivity index (χ1) is 18.4. The minimum Gasteiger partial charge on any atom is -0.447 e. The Bertz CT molecular complexity index is 1110. The highest BCUT2D eigenvalue weighted by molar-refractivity contribution is 7.80. The number of nitrogens with one attached hydrogen (secondary N) is 3. The fourth-order valence-electron chi connectivity index (χ4n) is 3.04. The first-order valence-electron chi connectivity index (χ1n) is 12.0. The highest BCUT2D eigenvalue weighted by atomic mass is 32.1. The number of hydrogen-bond acceptors (Lipinski definition) is 9. The first kappa shape index (κ1) is 30.8. The van der Waals surface area contributed by atoms with Crippen molar-refractivity contribution in [2.24, 2.45) is 20.0 Å². The van der Waals surface area contributed by atoms with Gasteiger partial charge in [0.15, 0.2) is 17.7 Å². The monoisotopic (exact) mass is 561 g/mol. The van der Waals surface area contributed by atoms with Gasteiger partial charge >= 0.3 is 6.09 Å². The number of ether oxygens (including phenoxy) is 1. The summed E-state index contributed by atoms with van der Waals surface area (Å²) in [5.41, 5.74) is 2.06. The van der Waals surface area contributed by atoms with E-state index >= 15 is 0 Å². The van der Waals surface area contributed by atoms with Gasteiger partial charge in [0.2, 0.25) is 12.4 Å². The van der Waals surface area contributed by atoms with Crippen LogP contribution in [-0.4, -0.2) is 85.6 Å². The van der Waals surface area contributed by atoms with Crippen LogP contribution in [0.25, 0.3) is 0 Å². The van der Waals surface area contributed by atoms with Crippen LogP contribution in [-0.2, 0) is 14.3 Å². The Morgan fingerprint density at radius 3 is 2.68 bits per heavy atom. The fourth-order valence-corrected chi connectivity index (χ4v) is 3.29. The van der Waals surface area contributed by atoms with Crippen molar-refractivity contribution in [1.82, 2.24) is 10.6 Å². The number of thiol groups is 1. The molecule has 3 amide bonds. The first-order valence-corrected chi connectivity index (χ1v) is 13.5. The van der Waals surface area contributed by atoms with Crippen LogP contribution >= 0.6 is 21.9 Å². The zero-order chi connectivity index (χ0) is 27.8. The summed E-state index contributed by atoms with van der Waals surface area (Å²) in [6.45, 7) is 3.25. The lowest BCUT2D eigenvalue weighted by atomic mass is 10.1. The third-order valence-corrected chi connectivity index (χ3v) is 5.38. The van der Waals surface area contributed by atoms with Gasteiger partial charge in [0.25, 0.3) is 5.91 Å². The van der Waals surface area contributed by atoms with Crippen molar-refractivity contribution in [2.75, 3.05) is 36.9 Å². The molecule has 0 bridgehead atoms. The third kappa shape index (κ3) is 10.5. The molecule has 2 unspecified atom stereocenters. The standard InChI is InChI=1S/C21H24N6O4S.C3H8NOP/c1-2-3-4-16(28)13-5-7-14(8-6-13)22-11-15-12-23-18-17(24-15)19(29)26-20(25-18)27-21(30)31-9-10-32;5-3-4-1-2-6/h5-8,12,17,22,32H,2-4,9-11H2,1H3,(H,26,27,29,30);3H,1-2,6H2,(H,4,5). The summed E-state index contributed by atoms with van der Waals surface area (Å²) in [4.78, 5) is 61.6. The van der Waals surface area contributed by atoms with Crippen LogP contribution in [0.15, 0.2) is 44.2 Å². The number of guanidine groups is 1. The molecule has 0 aromatic heterocycles. The Labute approximate surface area is 228 Å². The number of nitrogens with zero attached hydrogens (tertiary/aromatic N) is 4. The maximum atomic E-state index is 12.4. The van der Waals surface area contributed by atoms with Crippen LogP contribution in [0.4, 0.5) is 10.5 Å². The van der Waals surface area contributed by atoms with Crippen molar-refractivity contribution in [2.45, 2.75) is 32.2 Å². The average molecular weight is 562 g/mol. The molecule has 204 valence electrons. The molecule has 2 atom stereocenters. The lowest BCUT2D eigenvalue weighted by Crippen LogP contribution is -2.48. The number of rotatable bonds is 12. The number of fused-ring (bicyclic) bond motifs is 1. The molecule has 1 aromatic rings. The topological polar surface area (TPSA) is 163 Å². The molecule has 1 aromatic carbocycles. The van der Waals surface area contributed by atoms with Crippen LogP contribution in [0.2, 0.25) is 0 Å². The van der Waals surface area contributed by atoms with E-state index in [1.54, 1.807) is 12.1 Å². The van der Waals surface area contributed by atoms with Crippen LogP contribution < -0.4 is 16.0 Å². The highest BCUT2D eigenvalue weighted by Gasteiger charge is 2.32. The molecule has 0 aliphatic carbocycles. The predicted molar refractivity (Wildman–Crippen MR) is 155 cm³/mol. The molecule has 0 saturated carbocycles. The van der Waals surface area contributed by atoms with Gasteiger partial charge in [0.05, 0.1) is 18.5 Å². The number of anilines is 1. The van der Waals surface area contributed by atoms with Crippen LogP contribution in [0.5, 0.6) is 0 Å². The summed E-state index contributed by atoms with van der Waals surface area (Å²) in [5, 5.41) is 8.11. The molecule has 0 fully saturated rings. The Morgan fingerprint density at radius 2 is 2.05 bits per heavy atom. The van der Waals surface area contributed by atoms with Gasteiger partial charge in [-0.2, -0.15) is 17.6 Å². The predicted octanol–water partition coefficient (Wildman–Crippen LogP) is 1.92. The number of unbranched alkanes of at least 4 members (excludes halogenated alkanes) is 1. The van der Waals surface area contributed by atoms with Gasteiger partial charge in [-0.1, -0.05) is 13.3 Å². The second-order valence-electron chi connectivity index (χ2n) is 7.83. The molecule has 14 heteroatoms. The normalized spacial score (nSPS) is 16.7. The molecule has 38 heavy (non-hydrogen) atoms. The zero-order valence-electron chi connectivity index (χ0n) is 21.1. The van der Waals surface area contributed by atoms with Crippen LogP contribution in [0.1, 0.15) is 36.5 Å². The molecule has 0 spiro atoms. The number of amides is 3. The second kappa shape index (κ2) is 17.1. The van der Waals surface area contributed by atoms with Crippen molar-refractivity contribution in [3.8, 4) is 0 Å².